The molecule has 2 rings (SSSR count). The van der Waals surface area contributed by atoms with Gasteiger partial charge in [-0.15, -0.1) is 0 Å². The summed E-state index contributed by atoms with van der Waals surface area (Å²) >= 11 is 6.09. The van der Waals surface area contributed by atoms with Crippen molar-refractivity contribution in [3.8, 4) is 0 Å². The summed E-state index contributed by atoms with van der Waals surface area (Å²) in [5.41, 5.74) is 1.67. The Bertz CT molecular complexity index is 1070. The van der Waals surface area contributed by atoms with Crippen molar-refractivity contribution in [3.63, 3.8) is 0 Å². The Morgan fingerprint density at radius 1 is 1.09 bits per heavy atom. The molecular weight excluding hydrogens is 462 g/mol. The third-order valence-corrected chi connectivity index (χ3v) is 7.55. The van der Waals surface area contributed by atoms with E-state index < -0.39 is 28.5 Å². The van der Waals surface area contributed by atoms with Gasteiger partial charge in [-0.05, 0) is 57.0 Å². The van der Waals surface area contributed by atoms with E-state index in [0.717, 1.165) is 21.9 Å². The number of carbonyl (C=O) groups is 2. The number of hydrogen-bond acceptors (Lipinski definition) is 4. The average Bonchev–Trinajstić information content (AvgIpc) is 2.77. The first-order chi connectivity index (χ1) is 15.4. The van der Waals surface area contributed by atoms with Crippen LogP contribution in [0.5, 0.6) is 0 Å². The second kappa shape index (κ2) is 11.6. The largest absolute Gasteiger partial charge is 0.352 e. The van der Waals surface area contributed by atoms with Gasteiger partial charge < -0.3 is 10.2 Å². The Kier molecular flexibility index (Phi) is 9.46. The van der Waals surface area contributed by atoms with Crippen LogP contribution in [0, 0.1) is 6.92 Å². The maximum Gasteiger partial charge on any atom is 0.243 e. The molecule has 1 N–H and O–H groups in total. The van der Waals surface area contributed by atoms with Crippen LogP contribution in [0.25, 0.3) is 0 Å². The highest BCUT2D eigenvalue weighted by Crippen LogP contribution is 2.18. The number of amides is 2. The Labute approximate surface area is 201 Å². The SMILES string of the molecule is CC[C@@H](C)NC(=O)[C@@H](C)N(Cc1cccc(Cl)c1)C(=O)CN(C)S(=O)(=O)c1ccc(C)cc1. The minimum absolute atomic E-state index is 0.0485. The lowest BCUT2D eigenvalue weighted by Gasteiger charge is -2.31. The van der Waals surface area contributed by atoms with Gasteiger partial charge in [-0.3, -0.25) is 9.59 Å². The molecule has 2 amide bonds. The lowest BCUT2D eigenvalue weighted by Crippen LogP contribution is -2.51. The van der Waals surface area contributed by atoms with E-state index in [1.54, 1.807) is 43.3 Å². The van der Waals surface area contributed by atoms with Crippen LogP contribution in [0.1, 0.15) is 38.3 Å². The molecule has 0 unspecified atom stereocenters. The Morgan fingerprint density at radius 2 is 1.73 bits per heavy atom. The monoisotopic (exact) mass is 493 g/mol. The van der Waals surface area contributed by atoms with E-state index in [4.69, 9.17) is 11.6 Å². The van der Waals surface area contributed by atoms with Gasteiger partial charge in [0.25, 0.3) is 0 Å². The maximum absolute atomic E-state index is 13.3. The highest BCUT2D eigenvalue weighted by molar-refractivity contribution is 7.89. The van der Waals surface area contributed by atoms with Crippen molar-refractivity contribution in [2.45, 2.75) is 57.6 Å². The fourth-order valence-corrected chi connectivity index (χ4v) is 4.47. The van der Waals surface area contributed by atoms with Crippen LogP contribution >= 0.6 is 11.6 Å². The Balaban J connectivity index is 2.27. The highest BCUT2D eigenvalue weighted by Gasteiger charge is 2.30. The molecule has 0 aliphatic rings. The number of aryl methyl sites for hydroxylation is 1. The Hall–Kier alpha value is -2.42. The fourth-order valence-electron chi connectivity index (χ4n) is 3.14. The van der Waals surface area contributed by atoms with Crippen LogP contribution in [0.4, 0.5) is 0 Å². The van der Waals surface area contributed by atoms with E-state index in [-0.39, 0.29) is 23.4 Å². The maximum atomic E-state index is 13.3. The van der Waals surface area contributed by atoms with Gasteiger partial charge >= 0.3 is 0 Å². The molecule has 2 aromatic carbocycles. The zero-order valence-corrected chi connectivity index (χ0v) is 21.3. The van der Waals surface area contributed by atoms with Crippen molar-refractivity contribution in [2.75, 3.05) is 13.6 Å². The fraction of sp³-hybridized carbons (Fsp3) is 0.417. The first-order valence-electron chi connectivity index (χ1n) is 10.8. The number of hydrogen-bond donors (Lipinski definition) is 1. The van der Waals surface area contributed by atoms with Crippen LogP contribution in [0.2, 0.25) is 5.02 Å². The topological polar surface area (TPSA) is 86.8 Å². The smallest absolute Gasteiger partial charge is 0.243 e. The molecule has 0 aromatic heterocycles. The molecule has 0 heterocycles. The van der Waals surface area contributed by atoms with Crippen LogP contribution in [-0.4, -0.2) is 55.1 Å². The number of rotatable bonds is 10. The zero-order chi connectivity index (χ0) is 24.8. The summed E-state index contributed by atoms with van der Waals surface area (Å²) in [6, 6.07) is 12.6. The standard InChI is InChI=1S/C24H32ClN3O4S/c1-6-18(3)26-24(30)19(4)28(15-20-8-7-9-21(25)14-20)23(29)16-27(5)33(31,32)22-12-10-17(2)11-13-22/h7-14,18-19H,6,15-16H2,1-5H3,(H,26,30)/t18-,19-/m1/s1. The van der Waals surface area contributed by atoms with E-state index in [1.807, 2.05) is 20.8 Å². The van der Waals surface area contributed by atoms with E-state index in [2.05, 4.69) is 5.32 Å². The number of likely N-dealkylation sites (N-methyl/N-ethyl adjacent to an activating group) is 1. The molecule has 9 heteroatoms. The van der Waals surface area contributed by atoms with Crippen molar-refractivity contribution in [2.24, 2.45) is 0 Å². The summed E-state index contributed by atoms with van der Waals surface area (Å²) in [5.74, 6) is -0.788. The minimum atomic E-state index is -3.87. The van der Waals surface area contributed by atoms with E-state index >= 15 is 0 Å². The van der Waals surface area contributed by atoms with Crippen molar-refractivity contribution >= 4 is 33.4 Å². The molecule has 0 radical (unpaired) electrons. The summed E-state index contributed by atoms with van der Waals surface area (Å²) in [4.78, 5) is 27.6. The van der Waals surface area contributed by atoms with Gasteiger partial charge in [-0.2, -0.15) is 4.31 Å². The van der Waals surface area contributed by atoms with Gasteiger partial charge in [0, 0.05) is 24.7 Å². The van der Waals surface area contributed by atoms with Gasteiger partial charge in [0.2, 0.25) is 21.8 Å². The molecule has 2 aromatic rings. The predicted molar refractivity (Wildman–Crippen MR) is 130 cm³/mol. The van der Waals surface area contributed by atoms with Gasteiger partial charge in [-0.25, -0.2) is 8.42 Å². The number of sulfonamides is 1. The summed E-state index contributed by atoms with van der Waals surface area (Å²) in [5, 5.41) is 3.40. The van der Waals surface area contributed by atoms with Crippen LogP contribution in [0.3, 0.4) is 0 Å². The molecule has 33 heavy (non-hydrogen) atoms. The van der Waals surface area contributed by atoms with Gasteiger partial charge in [-0.1, -0.05) is 48.4 Å². The van der Waals surface area contributed by atoms with Crippen molar-refractivity contribution < 1.29 is 18.0 Å². The number of carbonyl (C=O) groups excluding carboxylic acids is 2. The molecule has 0 saturated carbocycles. The molecule has 0 aliphatic heterocycles. The quantitative estimate of drug-likeness (QED) is 0.547. The molecule has 2 atom stereocenters. The molecule has 0 fully saturated rings. The molecule has 7 nitrogen and oxygen atoms in total. The molecule has 0 aliphatic carbocycles. The molecule has 0 bridgehead atoms. The first-order valence-corrected chi connectivity index (χ1v) is 12.6. The number of nitrogens with one attached hydrogen (secondary N) is 1. The molecule has 0 spiro atoms. The Morgan fingerprint density at radius 3 is 2.30 bits per heavy atom. The van der Waals surface area contributed by atoms with Crippen LogP contribution in [0.15, 0.2) is 53.4 Å². The van der Waals surface area contributed by atoms with E-state index in [0.29, 0.717) is 5.02 Å². The molecule has 0 saturated heterocycles. The number of benzene rings is 2. The van der Waals surface area contributed by atoms with Gasteiger partial charge in [0.05, 0.1) is 11.4 Å². The van der Waals surface area contributed by atoms with E-state index in [1.165, 1.54) is 24.1 Å². The van der Waals surface area contributed by atoms with Crippen LogP contribution < -0.4 is 5.32 Å². The van der Waals surface area contributed by atoms with Gasteiger partial charge in [0.15, 0.2) is 0 Å². The second-order valence-electron chi connectivity index (χ2n) is 8.22. The summed E-state index contributed by atoms with van der Waals surface area (Å²) in [7, 11) is -2.51. The van der Waals surface area contributed by atoms with Gasteiger partial charge in [0.1, 0.15) is 6.04 Å². The highest BCUT2D eigenvalue weighted by atomic mass is 35.5. The molecule has 180 valence electrons. The van der Waals surface area contributed by atoms with Crippen molar-refractivity contribution in [3.05, 3.63) is 64.7 Å². The summed E-state index contributed by atoms with van der Waals surface area (Å²) in [6.45, 7) is 7.05. The van der Waals surface area contributed by atoms with E-state index in [9.17, 15) is 18.0 Å². The third kappa shape index (κ3) is 7.28. The second-order valence-corrected chi connectivity index (χ2v) is 10.7. The zero-order valence-electron chi connectivity index (χ0n) is 19.7. The lowest BCUT2D eigenvalue weighted by molar-refractivity contribution is -0.140. The summed E-state index contributed by atoms with van der Waals surface area (Å²) < 4.78 is 26.9. The third-order valence-electron chi connectivity index (χ3n) is 5.50. The van der Waals surface area contributed by atoms with Crippen molar-refractivity contribution in [1.82, 2.24) is 14.5 Å². The number of halogens is 1. The van der Waals surface area contributed by atoms with Crippen LogP contribution in [-0.2, 0) is 26.2 Å². The first kappa shape index (κ1) is 26.8. The van der Waals surface area contributed by atoms with Crippen molar-refractivity contribution in [1.29, 1.82) is 0 Å². The number of nitrogens with zero attached hydrogens (tertiary/aromatic N) is 2. The minimum Gasteiger partial charge on any atom is -0.352 e. The summed E-state index contributed by atoms with van der Waals surface area (Å²) in [6.07, 6.45) is 0.748. The molecular formula is C24H32ClN3O4S. The lowest BCUT2D eigenvalue weighted by atomic mass is 10.1. The average molecular weight is 494 g/mol. The normalized spacial score (nSPS) is 13.4. The predicted octanol–water partition coefficient (Wildman–Crippen LogP) is 3.60.